The molecule has 0 fully saturated rings. The van der Waals surface area contributed by atoms with Crippen molar-refractivity contribution in [2.45, 2.75) is 0 Å². The van der Waals surface area contributed by atoms with Crippen molar-refractivity contribution in [2.24, 2.45) is 0 Å². The molecule has 0 saturated carbocycles. The van der Waals surface area contributed by atoms with Crippen LogP contribution < -0.4 is 0 Å². The van der Waals surface area contributed by atoms with Crippen LogP contribution in [0.15, 0.2) is 0 Å². The summed E-state index contributed by atoms with van der Waals surface area (Å²) < 4.78 is 0. The second kappa shape index (κ2) is 93.9. The third-order valence-electron chi connectivity index (χ3n) is 0. The summed E-state index contributed by atoms with van der Waals surface area (Å²) in [4.78, 5) is 0. The molecule has 0 aromatic carbocycles. The van der Waals surface area contributed by atoms with Gasteiger partial charge in [-0.15, -0.1) is 0 Å². The average molecular weight is 186 g/mol. The Labute approximate surface area is 76.8 Å². The van der Waals surface area contributed by atoms with Gasteiger partial charge in [0.05, 0.1) is 0 Å². The molecule has 0 aromatic rings. The first-order valence-electron chi connectivity index (χ1n) is 1.12. The van der Waals surface area contributed by atoms with E-state index in [-0.39, 0.29) is 17.1 Å². The third-order valence-corrected chi connectivity index (χ3v) is 0. The van der Waals surface area contributed by atoms with Crippen LogP contribution in [0.1, 0.15) is 0 Å². The van der Waals surface area contributed by atoms with Gasteiger partial charge >= 0.3 is 17.1 Å². The molecule has 0 aliphatic rings. The quantitative estimate of drug-likeness (QED) is 0.402. The zero-order chi connectivity index (χ0) is 10.0. The molecular formula is C5FeN5-3. The molecule has 0 unspecified atom stereocenters. The normalized spacial score (nSPS) is 0.909. The van der Waals surface area contributed by atoms with E-state index in [4.69, 9.17) is 59.2 Å². The zero-order valence-electron chi connectivity index (χ0n) is 5.09. The molecule has 0 aromatic heterocycles. The molecule has 0 amide bonds. The van der Waals surface area contributed by atoms with Crippen LogP contribution in [-0.4, -0.2) is 0 Å². The Balaban J connectivity index is -0.00000000694. The summed E-state index contributed by atoms with van der Waals surface area (Å²) in [5.41, 5.74) is 0. The second-order valence-corrected chi connectivity index (χ2v) is 0. The molecule has 0 aliphatic carbocycles. The minimum absolute atomic E-state index is 0. The summed E-state index contributed by atoms with van der Waals surface area (Å²) in [5.74, 6) is 0. The van der Waals surface area contributed by atoms with Gasteiger partial charge in [-0.3, -0.25) is 0 Å². The summed E-state index contributed by atoms with van der Waals surface area (Å²) in [6.07, 6.45) is 0. The maximum atomic E-state index is 6.25. The molecule has 0 saturated heterocycles. The number of nitrogens with zero attached hydrogens (tertiary/aromatic N) is 5. The van der Waals surface area contributed by atoms with Crippen LogP contribution in [-0.2, 0) is 17.1 Å². The molecule has 0 radical (unpaired) electrons. The maximum absolute atomic E-state index is 6.25. The van der Waals surface area contributed by atoms with Crippen molar-refractivity contribution in [1.29, 1.82) is 26.3 Å². The fourth-order valence-corrected chi connectivity index (χ4v) is 0. The van der Waals surface area contributed by atoms with Crippen molar-refractivity contribution in [3.05, 3.63) is 32.9 Å². The monoisotopic (exact) mass is 186 g/mol. The Morgan fingerprint density at radius 3 is 0.364 bits per heavy atom. The first-order chi connectivity index (χ1) is 5.00. The van der Waals surface area contributed by atoms with Gasteiger partial charge in [0, 0.05) is 0 Å². The molecule has 5 nitrogen and oxygen atoms in total. The zero-order valence-corrected chi connectivity index (χ0v) is 6.19. The van der Waals surface area contributed by atoms with Gasteiger partial charge in [0.2, 0.25) is 0 Å². The van der Waals surface area contributed by atoms with E-state index in [1.807, 2.05) is 0 Å². The van der Waals surface area contributed by atoms with E-state index in [0.29, 0.717) is 0 Å². The molecule has 0 rings (SSSR count). The van der Waals surface area contributed by atoms with Gasteiger partial charge in [-0.25, -0.2) is 0 Å². The predicted octanol–water partition coefficient (Wildman–Crippen LogP) is 0.479. The van der Waals surface area contributed by atoms with Crippen molar-refractivity contribution in [3.8, 4) is 0 Å². The Morgan fingerprint density at radius 1 is 0.364 bits per heavy atom. The Morgan fingerprint density at radius 2 is 0.364 bits per heavy atom. The van der Waals surface area contributed by atoms with Crippen LogP contribution in [0.3, 0.4) is 0 Å². The molecule has 0 aliphatic heterocycles. The van der Waals surface area contributed by atoms with Crippen LogP contribution >= 0.6 is 0 Å². The SMILES string of the molecule is [C-]#N.[C-]#N.[C-]#N.[C-]#N.[C-]#N.[Fe+2]. The van der Waals surface area contributed by atoms with E-state index in [0.717, 1.165) is 0 Å². The first kappa shape index (κ1) is 64.6. The molecule has 0 spiro atoms. The van der Waals surface area contributed by atoms with E-state index in [1.165, 1.54) is 0 Å². The molecule has 0 bridgehead atoms. The Kier molecular flexibility index (Phi) is 551. The molecule has 11 heavy (non-hydrogen) atoms. The summed E-state index contributed by atoms with van der Waals surface area (Å²) >= 11 is 0. The van der Waals surface area contributed by atoms with Crippen LogP contribution in [0.25, 0.3) is 0 Å². The summed E-state index contributed by atoms with van der Waals surface area (Å²) in [7, 11) is 0. The van der Waals surface area contributed by atoms with Gasteiger partial charge in [-0.2, -0.15) is 0 Å². The van der Waals surface area contributed by atoms with Crippen LogP contribution in [0, 0.1) is 59.2 Å². The minimum Gasteiger partial charge on any atom is -0.512 e. The van der Waals surface area contributed by atoms with Crippen LogP contribution in [0.5, 0.6) is 0 Å². The van der Waals surface area contributed by atoms with Crippen LogP contribution in [0.4, 0.5) is 0 Å². The Hall–Kier alpha value is -2.03. The molecule has 0 atom stereocenters. The van der Waals surface area contributed by atoms with Gasteiger partial charge in [-0.05, 0) is 0 Å². The van der Waals surface area contributed by atoms with Gasteiger partial charge < -0.3 is 59.2 Å². The first-order valence-corrected chi connectivity index (χ1v) is 1.12. The van der Waals surface area contributed by atoms with E-state index in [2.05, 4.69) is 0 Å². The van der Waals surface area contributed by atoms with Crippen molar-refractivity contribution in [1.82, 2.24) is 0 Å². The summed E-state index contributed by atoms with van der Waals surface area (Å²) in [5, 5.41) is 31.2. The van der Waals surface area contributed by atoms with Gasteiger partial charge in [0.15, 0.2) is 0 Å². The Bertz CT molecular complexity index is 73.4. The van der Waals surface area contributed by atoms with Gasteiger partial charge in [-0.1, -0.05) is 0 Å². The smallest absolute Gasteiger partial charge is 0.512 e. The summed E-state index contributed by atoms with van der Waals surface area (Å²) in [6, 6.07) is 0. The molecule has 0 N–H and O–H groups in total. The molecular weight excluding hydrogens is 186 g/mol. The largest absolute Gasteiger partial charge is 2.00 e. The van der Waals surface area contributed by atoms with Crippen molar-refractivity contribution >= 4 is 0 Å². The standard InChI is InChI=1S/5CN.Fe/c5*1-2;/q5*-1;+2. The van der Waals surface area contributed by atoms with Crippen molar-refractivity contribution < 1.29 is 17.1 Å². The van der Waals surface area contributed by atoms with Crippen molar-refractivity contribution in [3.63, 3.8) is 0 Å². The van der Waals surface area contributed by atoms with Crippen molar-refractivity contribution in [2.75, 3.05) is 0 Å². The number of hydrogen-bond donors (Lipinski definition) is 0. The van der Waals surface area contributed by atoms with Crippen LogP contribution in [0.2, 0.25) is 0 Å². The minimum atomic E-state index is 0. The topological polar surface area (TPSA) is 119 Å². The predicted molar refractivity (Wildman–Crippen MR) is 24.8 cm³/mol. The number of hydrogen-bond acceptors (Lipinski definition) is 5. The second-order valence-electron chi connectivity index (χ2n) is 0. The maximum Gasteiger partial charge on any atom is 2.00 e. The third kappa shape index (κ3) is 68.9. The average Bonchev–Trinajstić information content (AvgIpc) is 2.20. The van der Waals surface area contributed by atoms with E-state index >= 15 is 0 Å². The fourth-order valence-electron chi connectivity index (χ4n) is 0. The van der Waals surface area contributed by atoms with Gasteiger partial charge in [0.25, 0.3) is 0 Å². The summed E-state index contributed by atoms with van der Waals surface area (Å²) in [6.45, 7) is 23.8. The molecule has 0 heterocycles. The fraction of sp³-hybridized carbons (Fsp3) is 0. The molecule has 6 heteroatoms. The van der Waals surface area contributed by atoms with E-state index in [1.54, 1.807) is 0 Å². The molecule has 56 valence electrons. The van der Waals surface area contributed by atoms with Gasteiger partial charge in [0.1, 0.15) is 0 Å². The van der Waals surface area contributed by atoms with E-state index in [9.17, 15) is 0 Å². The number of rotatable bonds is 0. The van der Waals surface area contributed by atoms with E-state index < -0.39 is 0 Å².